The van der Waals surface area contributed by atoms with Crippen LogP contribution in [0.2, 0.25) is 0 Å². The number of benzene rings is 2. The second-order valence-corrected chi connectivity index (χ2v) is 4.76. The lowest BCUT2D eigenvalue weighted by atomic mass is 9.99. The van der Waals surface area contributed by atoms with Gasteiger partial charge in [0.2, 0.25) is 5.72 Å². The first kappa shape index (κ1) is 15.2. The van der Waals surface area contributed by atoms with Crippen molar-refractivity contribution in [2.45, 2.75) is 12.3 Å². The van der Waals surface area contributed by atoms with Crippen molar-refractivity contribution in [3.8, 4) is 11.1 Å². The molecule has 0 aliphatic carbocycles. The SMILES string of the molecule is NC(=O)[C@](O)(CO)NCc1ccccc1-c1ccccc1. The molecule has 0 saturated heterocycles. The van der Waals surface area contributed by atoms with Crippen molar-refractivity contribution in [3.63, 3.8) is 0 Å². The Bertz CT molecular complexity index is 616. The Balaban J connectivity index is 2.24. The third kappa shape index (κ3) is 3.46. The molecule has 0 spiro atoms. The van der Waals surface area contributed by atoms with Crippen molar-refractivity contribution in [2.75, 3.05) is 6.61 Å². The molecule has 5 nitrogen and oxygen atoms in total. The van der Waals surface area contributed by atoms with Crippen molar-refractivity contribution in [3.05, 3.63) is 60.2 Å². The normalized spacial score (nSPS) is 13.6. The van der Waals surface area contributed by atoms with Gasteiger partial charge in [0.15, 0.2) is 0 Å². The van der Waals surface area contributed by atoms with Gasteiger partial charge in [-0.15, -0.1) is 0 Å². The topological polar surface area (TPSA) is 95.6 Å². The summed E-state index contributed by atoms with van der Waals surface area (Å²) in [5, 5.41) is 21.6. The van der Waals surface area contributed by atoms with Crippen LogP contribution in [0.3, 0.4) is 0 Å². The average molecular weight is 286 g/mol. The van der Waals surface area contributed by atoms with E-state index in [1.165, 1.54) is 0 Å². The van der Waals surface area contributed by atoms with Gasteiger partial charge < -0.3 is 15.9 Å². The summed E-state index contributed by atoms with van der Waals surface area (Å²) in [4.78, 5) is 11.2. The van der Waals surface area contributed by atoms with Crippen LogP contribution in [-0.4, -0.2) is 28.5 Å². The smallest absolute Gasteiger partial charge is 0.267 e. The highest BCUT2D eigenvalue weighted by molar-refractivity contribution is 5.82. The molecule has 2 aromatic rings. The van der Waals surface area contributed by atoms with Crippen LogP contribution >= 0.6 is 0 Å². The summed E-state index contributed by atoms with van der Waals surface area (Å²) in [6.07, 6.45) is 0. The van der Waals surface area contributed by atoms with E-state index in [0.29, 0.717) is 0 Å². The summed E-state index contributed by atoms with van der Waals surface area (Å²) in [5.74, 6) is -1.01. The van der Waals surface area contributed by atoms with Crippen LogP contribution in [0.4, 0.5) is 0 Å². The minimum atomic E-state index is -2.12. The van der Waals surface area contributed by atoms with Gasteiger partial charge >= 0.3 is 0 Å². The summed E-state index contributed by atoms with van der Waals surface area (Å²) in [6.45, 7) is -0.582. The highest BCUT2D eigenvalue weighted by atomic mass is 16.4. The Labute approximate surface area is 123 Å². The highest BCUT2D eigenvalue weighted by Gasteiger charge is 2.32. The molecular weight excluding hydrogens is 268 g/mol. The fourth-order valence-electron chi connectivity index (χ4n) is 2.04. The Hall–Kier alpha value is -2.21. The molecule has 0 heterocycles. The lowest BCUT2D eigenvalue weighted by Gasteiger charge is -2.24. The number of aliphatic hydroxyl groups excluding tert-OH is 1. The molecular formula is C16H18N2O3. The third-order valence-electron chi connectivity index (χ3n) is 3.31. The van der Waals surface area contributed by atoms with Crippen LogP contribution in [0.15, 0.2) is 54.6 Å². The molecule has 0 radical (unpaired) electrons. The minimum absolute atomic E-state index is 0.199. The van der Waals surface area contributed by atoms with Crippen LogP contribution in [0.5, 0.6) is 0 Å². The lowest BCUT2D eigenvalue weighted by Crippen LogP contribution is -2.57. The lowest BCUT2D eigenvalue weighted by molar-refractivity contribution is -0.145. The van der Waals surface area contributed by atoms with Gasteiger partial charge in [0.1, 0.15) is 0 Å². The Morgan fingerprint density at radius 3 is 2.33 bits per heavy atom. The average Bonchev–Trinajstić information content (AvgIpc) is 2.53. The molecule has 5 N–H and O–H groups in total. The Kier molecular flexibility index (Phi) is 4.70. The number of amides is 1. The van der Waals surface area contributed by atoms with E-state index in [0.717, 1.165) is 16.7 Å². The predicted octanol–water partition coefficient (Wildman–Crippen LogP) is 0.609. The van der Waals surface area contributed by atoms with E-state index in [4.69, 9.17) is 10.8 Å². The minimum Gasteiger partial charge on any atom is -0.391 e. The van der Waals surface area contributed by atoms with Gasteiger partial charge in [0, 0.05) is 6.54 Å². The van der Waals surface area contributed by atoms with E-state index in [1.54, 1.807) is 0 Å². The van der Waals surface area contributed by atoms with Crippen molar-refractivity contribution in [2.24, 2.45) is 5.73 Å². The monoisotopic (exact) mass is 286 g/mol. The molecule has 0 aliphatic heterocycles. The highest BCUT2D eigenvalue weighted by Crippen LogP contribution is 2.23. The molecule has 1 amide bonds. The molecule has 21 heavy (non-hydrogen) atoms. The Morgan fingerprint density at radius 1 is 1.10 bits per heavy atom. The molecule has 0 aliphatic rings. The van der Waals surface area contributed by atoms with E-state index < -0.39 is 18.2 Å². The molecule has 0 unspecified atom stereocenters. The summed E-state index contributed by atoms with van der Waals surface area (Å²) in [7, 11) is 0. The van der Waals surface area contributed by atoms with Crippen molar-refractivity contribution in [1.82, 2.24) is 5.32 Å². The zero-order chi connectivity index (χ0) is 15.3. The summed E-state index contributed by atoms with van der Waals surface area (Å²) >= 11 is 0. The van der Waals surface area contributed by atoms with E-state index in [1.807, 2.05) is 54.6 Å². The number of hydrogen-bond acceptors (Lipinski definition) is 4. The van der Waals surface area contributed by atoms with Crippen LogP contribution in [-0.2, 0) is 11.3 Å². The largest absolute Gasteiger partial charge is 0.391 e. The van der Waals surface area contributed by atoms with Gasteiger partial charge in [-0.3, -0.25) is 10.1 Å². The standard InChI is InChI=1S/C16H18N2O3/c17-15(20)16(21,11-19)18-10-13-8-4-5-9-14(13)12-6-2-1-3-7-12/h1-9,18-19,21H,10-11H2,(H2,17,20)/t16-/m1/s1. The van der Waals surface area contributed by atoms with E-state index in [2.05, 4.69) is 5.32 Å². The zero-order valence-electron chi connectivity index (χ0n) is 11.5. The van der Waals surface area contributed by atoms with Gasteiger partial charge in [-0.05, 0) is 16.7 Å². The van der Waals surface area contributed by atoms with Crippen molar-refractivity contribution < 1.29 is 15.0 Å². The number of primary amides is 1. The molecule has 1 atom stereocenters. The molecule has 0 aromatic heterocycles. The second-order valence-electron chi connectivity index (χ2n) is 4.76. The number of rotatable bonds is 6. The summed E-state index contributed by atoms with van der Waals surface area (Å²) in [5.41, 5.74) is 5.86. The predicted molar refractivity (Wildman–Crippen MR) is 79.9 cm³/mol. The van der Waals surface area contributed by atoms with E-state index in [-0.39, 0.29) is 6.54 Å². The number of carbonyl (C=O) groups is 1. The zero-order valence-corrected chi connectivity index (χ0v) is 11.5. The molecule has 2 aromatic carbocycles. The first-order valence-corrected chi connectivity index (χ1v) is 6.58. The van der Waals surface area contributed by atoms with Crippen LogP contribution in [0, 0.1) is 0 Å². The van der Waals surface area contributed by atoms with E-state index >= 15 is 0 Å². The van der Waals surface area contributed by atoms with Gasteiger partial charge in [0.05, 0.1) is 6.61 Å². The number of nitrogens with two attached hydrogens (primary N) is 1. The fourth-order valence-corrected chi connectivity index (χ4v) is 2.04. The number of hydrogen-bond donors (Lipinski definition) is 4. The second kappa shape index (κ2) is 6.49. The van der Waals surface area contributed by atoms with E-state index in [9.17, 15) is 9.90 Å². The maximum atomic E-state index is 11.2. The molecule has 0 bridgehead atoms. The number of carbonyl (C=O) groups excluding carboxylic acids is 1. The third-order valence-corrected chi connectivity index (χ3v) is 3.31. The van der Waals surface area contributed by atoms with Gasteiger partial charge in [-0.25, -0.2) is 0 Å². The first-order chi connectivity index (χ1) is 10.1. The summed E-state index contributed by atoms with van der Waals surface area (Å²) in [6, 6.07) is 17.4. The first-order valence-electron chi connectivity index (χ1n) is 6.58. The quantitative estimate of drug-likeness (QED) is 0.585. The Morgan fingerprint density at radius 2 is 1.71 bits per heavy atom. The molecule has 0 saturated carbocycles. The van der Waals surface area contributed by atoms with Crippen LogP contribution in [0.25, 0.3) is 11.1 Å². The number of nitrogens with one attached hydrogen (secondary N) is 1. The molecule has 5 heteroatoms. The van der Waals surface area contributed by atoms with Gasteiger partial charge in [-0.2, -0.15) is 0 Å². The van der Waals surface area contributed by atoms with Crippen LogP contribution in [0.1, 0.15) is 5.56 Å². The molecule has 2 rings (SSSR count). The summed E-state index contributed by atoms with van der Waals surface area (Å²) < 4.78 is 0. The van der Waals surface area contributed by atoms with Crippen molar-refractivity contribution >= 4 is 5.91 Å². The maximum Gasteiger partial charge on any atom is 0.267 e. The van der Waals surface area contributed by atoms with Gasteiger partial charge in [-0.1, -0.05) is 54.6 Å². The molecule has 110 valence electrons. The fraction of sp³-hybridized carbons (Fsp3) is 0.188. The number of aliphatic hydroxyl groups is 2. The van der Waals surface area contributed by atoms with Crippen LogP contribution < -0.4 is 11.1 Å². The van der Waals surface area contributed by atoms with Crippen molar-refractivity contribution in [1.29, 1.82) is 0 Å². The van der Waals surface area contributed by atoms with Gasteiger partial charge in [0.25, 0.3) is 5.91 Å². The molecule has 0 fully saturated rings. The maximum absolute atomic E-state index is 11.2.